The number of furan rings is 1. The van der Waals surface area contributed by atoms with Crippen LogP contribution >= 0.6 is 0 Å². The summed E-state index contributed by atoms with van der Waals surface area (Å²) < 4.78 is 11.3. The Bertz CT molecular complexity index is 1160. The van der Waals surface area contributed by atoms with Gasteiger partial charge in [-0.3, -0.25) is 9.59 Å². The molecule has 1 fully saturated rings. The topological polar surface area (TPSA) is 114 Å². The Morgan fingerprint density at radius 2 is 1.89 bits per heavy atom. The minimum Gasteiger partial charge on any atom is -0.481 e. The van der Waals surface area contributed by atoms with Crippen molar-refractivity contribution in [2.45, 2.75) is 51.5 Å². The van der Waals surface area contributed by atoms with E-state index in [-0.39, 0.29) is 24.9 Å². The molecule has 0 bridgehead atoms. The summed E-state index contributed by atoms with van der Waals surface area (Å²) in [5, 5.41) is 15.1. The van der Waals surface area contributed by atoms with Crippen molar-refractivity contribution in [2.75, 3.05) is 19.0 Å². The maximum absolute atomic E-state index is 12.3. The fourth-order valence-corrected chi connectivity index (χ4v) is 4.79. The van der Waals surface area contributed by atoms with E-state index in [1.165, 1.54) is 19.3 Å². The SMILES string of the molecule is COc1ccc(-c2cc(C(Nc3ccc(C(=O)NCCC(=O)O)cc3)C3CCCCC3)c(C)o2)cn1. The molecule has 3 aromatic rings. The number of carbonyl (C=O) groups excluding carboxylic acids is 1. The number of carboxylic acid groups (broad SMARTS) is 1. The van der Waals surface area contributed by atoms with E-state index in [2.05, 4.69) is 21.7 Å². The number of aryl methyl sites for hydroxylation is 1. The van der Waals surface area contributed by atoms with Crippen LogP contribution in [0.15, 0.2) is 53.1 Å². The van der Waals surface area contributed by atoms with Gasteiger partial charge in [-0.2, -0.15) is 0 Å². The first-order chi connectivity index (χ1) is 17.4. The van der Waals surface area contributed by atoms with Crippen molar-refractivity contribution in [1.82, 2.24) is 10.3 Å². The van der Waals surface area contributed by atoms with Gasteiger partial charge in [0.1, 0.15) is 11.5 Å². The molecule has 0 saturated heterocycles. The number of rotatable bonds is 10. The lowest BCUT2D eigenvalue weighted by molar-refractivity contribution is -0.136. The highest BCUT2D eigenvalue weighted by molar-refractivity contribution is 5.94. The van der Waals surface area contributed by atoms with Crippen LogP contribution < -0.4 is 15.4 Å². The maximum Gasteiger partial charge on any atom is 0.305 e. The monoisotopic (exact) mass is 491 g/mol. The zero-order chi connectivity index (χ0) is 25.5. The number of pyridine rings is 1. The van der Waals surface area contributed by atoms with Crippen LogP contribution in [-0.2, 0) is 4.79 Å². The molecule has 3 N–H and O–H groups in total. The molecule has 36 heavy (non-hydrogen) atoms. The molecule has 0 aliphatic heterocycles. The number of ether oxygens (including phenoxy) is 1. The lowest BCUT2D eigenvalue weighted by Gasteiger charge is -2.31. The van der Waals surface area contributed by atoms with E-state index in [9.17, 15) is 9.59 Å². The van der Waals surface area contributed by atoms with Crippen LogP contribution in [0.3, 0.4) is 0 Å². The van der Waals surface area contributed by atoms with Crippen LogP contribution in [0.4, 0.5) is 5.69 Å². The standard InChI is InChI=1S/C28H33N3O5/c1-18-23(16-24(36-18)21-10-13-25(35-2)30-17-21)27(19-6-4-3-5-7-19)31-22-11-8-20(9-12-22)28(34)29-15-14-26(32)33/h8-13,16-17,19,27,31H,3-7,14-15H2,1-2H3,(H,29,34)(H,32,33). The van der Waals surface area contributed by atoms with E-state index in [0.29, 0.717) is 17.4 Å². The predicted molar refractivity (Wildman–Crippen MR) is 137 cm³/mol. The summed E-state index contributed by atoms with van der Waals surface area (Å²) in [5.74, 6) is 1.45. The van der Waals surface area contributed by atoms with Crippen LogP contribution in [0, 0.1) is 12.8 Å². The first kappa shape index (κ1) is 25.3. The van der Waals surface area contributed by atoms with E-state index in [4.69, 9.17) is 14.3 Å². The number of amides is 1. The molecule has 2 heterocycles. The quantitative estimate of drug-likeness (QED) is 0.338. The highest BCUT2D eigenvalue weighted by atomic mass is 16.5. The van der Waals surface area contributed by atoms with E-state index in [1.807, 2.05) is 31.2 Å². The van der Waals surface area contributed by atoms with Crippen LogP contribution in [0.2, 0.25) is 0 Å². The van der Waals surface area contributed by atoms with Gasteiger partial charge in [0, 0.05) is 41.2 Å². The summed E-state index contributed by atoms with van der Waals surface area (Å²) in [4.78, 5) is 27.3. The van der Waals surface area contributed by atoms with Crippen molar-refractivity contribution in [2.24, 2.45) is 5.92 Å². The van der Waals surface area contributed by atoms with Crippen molar-refractivity contribution in [3.8, 4) is 17.2 Å². The first-order valence-electron chi connectivity index (χ1n) is 12.4. The van der Waals surface area contributed by atoms with Crippen LogP contribution in [0.1, 0.15) is 66.2 Å². The Morgan fingerprint density at radius 3 is 2.53 bits per heavy atom. The smallest absolute Gasteiger partial charge is 0.305 e. The van der Waals surface area contributed by atoms with E-state index in [1.54, 1.807) is 25.4 Å². The molecule has 1 saturated carbocycles. The molecule has 1 unspecified atom stereocenters. The van der Waals surface area contributed by atoms with E-state index in [0.717, 1.165) is 41.2 Å². The molecule has 8 heteroatoms. The Labute approximate surface area is 211 Å². The highest BCUT2D eigenvalue weighted by Crippen LogP contribution is 2.40. The summed E-state index contributed by atoms with van der Waals surface area (Å²) in [7, 11) is 1.59. The number of anilines is 1. The fraction of sp³-hybridized carbons (Fsp3) is 0.393. The van der Waals surface area contributed by atoms with Gasteiger partial charge in [-0.25, -0.2) is 4.98 Å². The normalized spacial score (nSPS) is 14.7. The van der Waals surface area contributed by atoms with Gasteiger partial charge < -0.3 is 24.9 Å². The van der Waals surface area contributed by atoms with Crippen molar-refractivity contribution in [3.05, 3.63) is 65.5 Å². The molecule has 1 aliphatic rings. The first-order valence-corrected chi connectivity index (χ1v) is 12.4. The van der Waals surface area contributed by atoms with Gasteiger partial charge in [-0.15, -0.1) is 0 Å². The van der Waals surface area contributed by atoms with Gasteiger partial charge in [0.05, 0.1) is 19.6 Å². The second kappa shape index (κ2) is 11.7. The number of aromatic nitrogens is 1. The summed E-state index contributed by atoms with van der Waals surface area (Å²) >= 11 is 0. The predicted octanol–water partition coefficient (Wildman–Crippen LogP) is 5.60. The number of hydrogen-bond donors (Lipinski definition) is 3. The molecule has 1 aliphatic carbocycles. The average molecular weight is 492 g/mol. The van der Waals surface area contributed by atoms with E-state index >= 15 is 0 Å². The molecule has 0 spiro atoms. The van der Waals surface area contributed by atoms with Gasteiger partial charge >= 0.3 is 5.97 Å². The fourth-order valence-electron chi connectivity index (χ4n) is 4.79. The molecular weight excluding hydrogens is 458 g/mol. The molecule has 2 aromatic heterocycles. The molecular formula is C28H33N3O5. The summed E-state index contributed by atoms with van der Waals surface area (Å²) in [6, 6.07) is 13.2. The number of methoxy groups -OCH3 is 1. The molecule has 4 rings (SSSR count). The Kier molecular flexibility index (Phi) is 8.25. The Hall–Kier alpha value is -3.81. The van der Waals surface area contributed by atoms with Gasteiger partial charge in [-0.1, -0.05) is 19.3 Å². The molecule has 1 amide bonds. The summed E-state index contributed by atoms with van der Waals surface area (Å²) in [5.41, 5.74) is 3.43. The lowest BCUT2D eigenvalue weighted by atomic mass is 9.81. The molecule has 1 atom stereocenters. The molecule has 190 valence electrons. The minimum absolute atomic E-state index is 0.0734. The third kappa shape index (κ3) is 6.24. The third-order valence-electron chi connectivity index (χ3n) is 6.74. The lowest BCUT2D eigenvalue weighted by Crippen LogP contribution is -2.26. The maximum atomic E-state index is 12.3. The number of nitrogens with one attached hydrogen (secondary N) is 2. The number of benzene rings is 1. The summed E-state index contributed by atoms with van der Waals surface area (Å²) in [6.45, 7) is 2.10. The Balaban J connectivity index is 1.53. The zero-order valence-corrected chi connectivity index (χ0v) is 20.8. The van der Waals surface area contributed by atoms with Crippen molar-refractivity contribution < 1.29 is 23.8 Å². The number of carboxylic acids is 1. The van der Waals surface area contributed by atoms with Gasteiger partial charge in [-0.05, 0) is 62.1 Å². The van der Waals surface area contributed by atoms with Crippen molar-refractivity contribution in [3.63, 3.8) is 0 Å². The van der Waals surface area contributed by atoms with Crippen LogP contribution in [0.25, 0.3) is 11.3 Å². The molecule has 8 nitrogen and oxygen atoms in total. The minimum atomic E-state index is -0.940. The van der Waals surface area contributed by atoms with Crippen LogP contribution in [0.5, 0.6) is 5.88 Å². The number of aliphatic carboxylic acids is 1. The molecule has 0 radical (unpaired) electrons. The number of carbonyl (C=O) groups is 2. The zero-order valence-electron chi connectivity index (χ0n) is 20.8. The van der Waals surface area contributed by atoms with Crippen molar-refractivity contribution >= 4 is 17.6 Å². The highest BCUT2D eigenvalue weighted by Gasteiger charge is 2.28. The average Bonchev–Trinajstić information content (AvgIpc) is 3.29. The van der Waals surface area contributed by atoms with Gasteiger partial charge in [0.2, 0.25) is 5.88 Å². The van der Waals surface area contributed by atoms with Crippen LogP contribution in [-0.4, -0.2) is 35.6 Å². The second-order valence-electron chi connectivity index (χ2n) is 9.21. The largest absolute Gasteiger partial charge is 0.481 e. The number of nitrogens with zero attached hydrogens (tertiary/aromatic N) is 1. The number of hydrogen-bond acceptors (Lipinski definition) is 6. The van der Waals surface area contributed by atoms with Gasteiger partial charge in [0.25, 0.3) is 5.91 Å². The second-order valence-corrected chi connectivity index (χ2v) is 9.21. The Morgan fingerprint density at radius 1 is 1.14 bits per heavy atom. The van der Waals surface area contributed by atoms with Crippen molar-refractivity contribution in [1.29, 1.82) is 0 Å². The third-order valence-corrected chi connectivity index (χ3v) is 6.74. The van der Waals surface area contributed by atoms with Gasteiger partial charge in [0.15, 0.2) is 0 Å². The molecule has 1 aromatic carbocycles. The summed E-state index contributed by atoms with van der Waals surface area (Å²) in [6.07, 6.45) is 7.63. The van der Waals surface area contributed by atoms with E-state index < -0.39 is 5.97 Å².